The lowest BCUT2D eigenvalue weighted by atomic mass is 9.93. The first-order chi connectivity index (χ1) is 12.7. The minimum atomic E-state index is -0.635. The molecule has 0 saturated carbocycles. The molecule has 0 N–H and O–H groups in total. The average molecular weight is 417 g/mol. The van der Waals surface area contributed by atoms with E-state index < -0.39 is 5.60 Å². The molecule has 1 heterocycles. The van der Waals surface area contributed by atoms with Crippen molar-refractivity contribution >= 4 is 27.5 Å². The highest BCUT2D eigenvalue weighted by Gasteiger charge is 2.43. The average Bonchev–Trinajstić information content (AvgIpc) is 3.09. The molecule has 0 aromatic heterocycles. The van der Waals surface area contributed by atoms with Crippen molar-refractivity contribution in [3.05, 3.63) is 77.4 Å². The summed E-state index contributed by atoms with van der Waals surface area (Å²) < 4.78 is 16.9. The number of halogens is 1. The van der Waals surface area contributed by atoms with Crippen molar-refractivity contribution in [3.63, 3.8) is 0 Å². The maximum absolute atomic E-state index is 13.1. The van der Waals surface area contributed by atoms with Crippen LogP contribution in [0.15, 0.2) is 66.2 Å². The Morgan fingerprint density at radius 2 is 1.77 bits per heavy atom. The standard InChI is InChI=1S/C21H21BrO4/c1-24-15-25-14-21(13-22)12-18(19(23)16-8-4-2-5-9-16)20(26-21)17-10-6-3-7-11-17/h2-11H,12-15H2,1H3/t21-/m1/s1. The second kappa shape index (κ2) is 8.62. The van der Waals surface area contributed by atoms with Gasteiger partial charge in [-0.05, 0) is 0 Å². The number of alkyl halides is 1. The summed E-state index contributed by atoms with van der Waals surface area (Å²) >= 11 is 3.53. The molecule has 0 fully saturated rings. The number of methoxy groups -OCH3 is 1. The quantitative estimate of drug-likeness (QED) is 0.276. The van der Waals surface area contributed by atoms with Crippen LogP contribution in [0.2, 0.25) is 0 Å². The van der Waals surface area contributed by atoms with Gasteiger partial charge in [-0.3, -0.25) is 4.79 Å². The van der Waals surface area contributed by atoms with Gasteiger partial charge in [0.2, 0.25) is 0 Å². The molecule has 3 rings (SSSR count). The number of carbonyl (C=O) groups excluding carboxylic acids is 1. The molecular formula is C21H21BrO4. The molecule has 0 amide bonds. The van der Waals surface area contributed by atoms with Crippen molar-refractivity contribution in [2.24, 2.45) is 0 Å². The zero-order valence-electron chi connectivity index (χ0n) is 14.6. The summed E-state index contributed by atoms with van der Waals surface area (Å²) in [5.74, 6) is 0.610. The van der Waals surface area contributed by atoms with Crippen molar-refractivity contribution < 1.29 is 19.0 Å². The molecule has 2 aromatic rings. The molecule has 136 valence electrons. The third-order valence-corrected chi connectivity index (χ3v) is 5.27. The molecule has 1 atom stereocenters. The molecule has 0 bridgehead atoms. The van der Waals surface area contributed by atoms with Crippen LogP contribution < -0.4 is 0 Å². The first-order valence-corrected chi connectivity index (χ1v) is 9.51. The monoisotopic (exact) mass is 416 g/mol. The Hall–Kier alpha value is -1.95. The fraction of sp³-hybridized carbons (Fsp3) is 0.286. The Kier molecular flexibility index (Phi) is 6.25. The highest BCUT2D eigenvalue weighted by molar-refractivity contribution is 9.09. The molecule has 26 heavy (non-hydrogen) atoms. The van der Waals surface area contributed by atoms with Gasteiger partial charge in [0.05, 0.1) is 6.61 Å². The normalized spacial score (nSPS) is 19.5. The smallest absolute Gasteiger partial charge is 0.192 e. The second-order valence-electron chi connectivity index (χ2n) is 6.22. The van der Waals surface area contributed by atoms with Gasteiger partial charge in [0.25, 0.3) is 0 Å². The Morgan fingerprint density at radius 3 is 2.38 bits per heavy atom. The van der Waals surface area contributed by atoms with Gasteiger partial charge in [-0.2, -0.15) is 0 Å². The van der Waals surface area contributed by atoms with Crippen LogP contribution in [0.1, 0.15) is 22.3 Å². The van der Waals surface area contributed by atoms with E-state index in [1.807, 2.05) is 60.7 Å². The van der Waals surface area contributed by atoms with Crippen LogP contribution in [-0.2, 0) is 14.2 Å². The molecule has 4 nitrogen and oxygen atoms in total. The number of Topliss-reactive ketones (excluding diaryl/α,β-unsaturated/α-hetero) is 1. The topological polar surface area (TPSA) is 44.8 Å². The van der Waals surface area contributed by atoms with E-state index in [0.717, 1.165) is 5.56 Å². The van der Waals surface area contributed by atoms with E-state index in [1.54, 1.807) is 7.11 Å². The number of rotatable bonds is 8. The third-order valence-electron chi connectivity index (χ3n) is 4.25. The van der Waals surface area contributed by atoms with Crippen LogP contribution in [0.4, 0.5) is 0 Å². The number of carbonyl (C=O) groups is 1. The number of hydrogen-bond acceptors (Lipinski definition) is 4. The lowest BCUT2D eigenvalue weighted by molar-refractivity contribution is -0.0853. The molecule has 0 unspecified atom stereocenters. The van der Waals surface area contributed by atoms with E-state index in [0.29, 0.717) is 35.3 Å². The maximum atomic E-state index is 13.1. The summed E-state index contributed by atoms with van der Waals surface area (Å²) in [5, 5.41) is 0.547. The Bertz CT molecular complexity index is 773. The summed E-state index contributed by atoms with van der Waals surface area (Å²) in [5.41, 5.74) is 1.58. The van der Waals surface area contributed by atoms with E-state index in [4.69, 9.17) is 14.2 Å². The van der Waals surface area contributed by atoms with E-state index in [-0.39, 0.29) is 12.6 Å². The molecule has 0 spiro atoms. The number of hydrogen-bond donors (Lipinski definition) is 0. The van der Waals surface area contributed by atoms with E-state index in [1.165, 1.54) is 0 Å². The van der Waals surface area contributed by atoms with Crippen LogP contribution in [0.5, 0.6) is 0 Å². The van der Waals surface area contributed by atoms with E-state index in [9.17, 15) is 4.79 Å². The van der Waals surface area contributed by atoms with Crippen molar-refractivity contribution in [1.82, 2.24) is 0 Å². The van der Waals surface area contributed by atoms with Crippen molar-refractivity contribution in [2.45, 2.75) is 12.0 Å². The van der Waals surface area contributed by atoms with Crippen LogP contribution in [0.25, 0.3) is 5.76 Å². The highest BCUT2D eigenvalue weighted by atomic mass is 79.9. The second-order valence-corrected chi connectivity index (χ2v) is 6.78. The van der Waals surface area contributed by atoms with Gasteiger partial charge in [0, 0.05) is 35.6 Å². The molecular weight excluding hydrogens is 396 g/mol. The highest BCUT2D eigenvalue weighted by Crippen LogP contribution is 2.41. The minimum Gasteiger partial charge on any atom is -0.483 e. The van der Waals surface area contributed by atoms with E-state index >= 15 is 0 Å². The van der Waals surface area contributed by atoms with Crippen molar-refractivity contribution in [2.75, 3.05) is 25.8 Å². The molecule has 5 heteroatoms. The first kappa shape index (κ1) is 18.8. The number of ether oxygens (including phenoxy) is 3. The Morgan fingerprint density at radius 1 is 1.12 bits per heavy atom. The zero-order chi connectivity index (χ0) is 18.4. The predicted molar refractivity (Wildman–Crippen MR) is 104 cm³/mol. The molecule has 1 aliphatic rings. The molecule has 0 aliphatic carbocycles. The molecule has 1 aliphatic heterocycles. The lowest BCUT2D eigenvalue weighted by Gasteiger charge is -2.27. The molecule has 2 aromatic carbocycles. The largest absolute Gasteiger partial charge is 0.483 e. The van der Waals surface area contributed by atoms with Crippen LogP contribution in [0, 0.1) is 0 Å². The number of benzene rings is 2. The van der Waals surface area contributed by atoms with Gasteiger partial charge in [0.1, 0.15) is 18.2 Å². The molecule has 0 saturated heterocycles. The minimum absolute atomic E-state index is 0.0148. The summed E-state index contributed by atoms with van der Waals surface area (Å²) in [6.07, 6.45) is 0.472. The fourth-order valence-corrected chi connectivity index (χ4v) is 3.47. The van der Waals surface area contributed by atoms with Gasteiger partial charge in [0.15, 0.2) is 5.78 Å². The van der Waals surface area contributed by atoms with Crippen LogP contribution >= 0.6 is 15.9 Å². The lowest BCUT2D eigenvalue weighted by Crippen LogP contribution is -2.37. The maximum Gasteiger partial charge on any atom is 0.192 e. The summed E-state index contributed by atoms with van der Waals surface area (Å²) in [7, 11) is 1.58. The number of ketones is 1. The third kappa shape index (κ3) is 4.06. The Balaban J connectivity index is 1.96. The van der Waals surface area contributed by atoms with Crippen LogP contribution in [-0.4, -0.2) is 37.2 Å². The Labute approximate surface area is 161 Å². The first-order valence-electron chi connectivity index (χ1n) is 8.39. The summed E-state index contributed by atoms with van der Waals surface area (Å²) in [6, 6.07) is 19.0. The fourth-order valence-electron chi connectivity index (χ4n) is 2.99. The molecule has 0 radical (unpaired) electrons. The van der Waals surface area contributed by atoms with Gasteiger partial charge in [-0.25, -0.2) is 0 Å². The van der Waals surface area contributed by atoms with Gasteiger partial charge >= 0.3 is 0 Å². The summed E-state index contributed by atoms with van der Waals surface area (Å²) in [6.45, 7) is 0.509. The predicted octanol–water partition coefficient (Wildman–Crippen LogP) is 4.46. The van der Waals surface area contributed by atoms with Crippen LogP contribution in [0.3, 0.4) is 0 Å². The van der Waals surface area contributed by atoms with Gasteiger partial charge < -0.3 is 14.2 Å². The SMILES string of the molecule is COCOC[C@]1(CBr)CC(C(=O)c2ccccc2)=C(c2ccccc2)O1. The zero-order valence-corrected chi connectivity index (χ0v) is 16.2. The van der Waals surface area contributed by atoms with E-state index in [2.05, 4.69) is 15.9 Å². The summed E-state index contributed by atoms with van der Waals surface area (Å²) in [4.78, 5) is 13.1. The van der Waals surface area contributed by atoms with Crippen molar-refractivity contribution in [1.29, 1.82) is 0 Å². The van der Waals surface area contributed by atoms with Gasteiger partial charge in [-0.1, -0.05) is 76.6 Å². The van der Waals surface area contributed by atoms with Crippen molar-refractivity contribution in [3.8, 4) is 0 Å². The van der Waals surface area contributed by atoms with Gasteiger partial charge in [-0.15, -0.1) is 0 Å².